The lowest BCUT2D eigenvalue weighted by Crippen LogP contribution is -2.44. The van der Waals surface area contributed by atoms with Crippen LogP contribution in [0.15, 0.2) is 43.0 Å². The number of alkyl halides is 1. The van der Waals surface area contributed by atoms with Crippen LogP contribution in [-0.2, 0) is 16.0 Å². The predicted octanol–water partition coefficient (Wildman–Crippen LogP) is 3.97. The van der Waals surface area contributed by atoms with Gasteiger partial charge in [-0.25, -0.2) is 0 Å². The highest BCUT2D eigenvalue weighted by Crippen LogP contribution is 2.32. The molecule has 0 bridgehead atoms. The molecular weight excluding hydrogens is 272 g/mol. The third-order valence-corrected chi connectivity index (χ3v) is 4.46. The van der Waals surface area contributed by atoms with Gasteiger partial charge in [-0.3, -0.25) is 9.59 Å². The van der Waals surface area contributed by atoms with Crippen LogP contribution in [0, 0.1) is 5.92 Å². The second-order valence-corrected chi connectivity index (χ2v) is 5.64. The zero-order chi connectivity index (χ0) is 15.2. The maximum absolute atomic E-state index is 11.7. The smallest absolute Gasteiger partial charge is 0.166 e. The molecule has 0 aliphatic heterocycles. The quantitative estimate of drug-likeness (QED) is 0.413. The number of hydrogen-bond acceptors (Lipinski definition) is 2. The number of hydrogen-bond donors (Lipinski definition) is 0. The molecule has 1 atom stereocenters. The van der Waals surface area contributed by atoms with E-state index in [1.54, 1.807) is 6.08 Å². The van der Waals surface area contributed by atoms with Crippen molar-refractivity contribution < 1.29 is 9.59 Å². The maximum Gasteiger partial charge on any atom is 0.166 e. The minimum absolute atomic E-state index is 0.309. The molecule has 0 aromatic heterocycles. The van der Waals surface area contributed by atoms with E-state index in [0.29, 0.717) is 6.42 Å². The topological polar surface area (TPSA) is 34.1 Å². The molecule has 2 nitrogen and oxygen atoms in total. The van der Waals surface area contributed by atoms with E-state index in [9.17, 15) is 9.59 Å². The summed E-state index contributed by atoms with van der Waals surface area (Å²) in [5.41, 5.74) is 1.24. The molecule has 3 heteroatoms. The molecule has 0 aliphatic rings. The van der Waals surface area contributed by atoms with Gasteiger partial charge in [-0.1, -0.05) is 36.4 Å². The van der Waals surface area contributed by atoms with Crippen LogP contribution in [0.3, 0.4) is 0 Å². The fourth-order valence-corrected chi connectivity index (χ4v) is 2.62. The Morgan fingerprint density at radius 2 is 1.80 bits per heavy atom. The van der Waals surface area contributed by atoms with E-state index in [1.165, 1.54) is 19.4 Å². The van der Waals surface area contributed by atoms with Crippen LogP contribution in [-0.4, -0.2) is 16.4 Å². The molecule has 1 aromatic rings. The number of Topliss-reactive ketones (excluding diaryl/α,β-unsaturated/α-hetero) is 2. The zero-order valence-electron chi connectivity index (χ0n) is 12.1. The third-order valence-electron chi connectivity index (χ3n) is 3.64. The van der Waals surface area contributed by atoms with Crippen LogP contribution >= 0.6 is 11.6 Å². The molecular formula is C17H21ClO2. The molecule has 0 heterocycles. The van der Waals surface area contributed by atoms with E-state index in [1.807, 2.05) is 18.2 Å². The summed E-state index contributed by atoms with van der Waals surface area (Å²) in [6, 6.07) is 10.1. The first-order chi connectivity index (χ1) is 9.42. The van der Waals surface area contributed by atoms with Gasteiger partial charge in [0.05, 0.1) is 0 Å². The first-order valence-electron chi connectivity index (χ1n) is 6.80. The standard InChI is InChI=1S/C17H21ClO2/c1-4-16(17(18,13(2)19)14(3)20)12-8-11-15-9-6-5-7-10-15/h4-7,9-10,16H,1,8,11-12H2,2-3H3/t16-/m0/s1. The van der Waals surface area contributed by atoms with E-state index in [0.717, 1.165) is 12.8 Å². The Labute approximate surface area is 125 Å². The van der Waals surface area contributed by atoms with Gasteiger partial charge >= 0.3 is 0 Å². The van der Waals surface area contributed by atoms with Crippen molar-refractivity contribution >= 4 is 23.2 Å². The van der Waals surface area contributed by atoms with Crippen LogP contribution in [0.25, 0.3) is 0 Å². The van der Waals surface area contributed by atoms with Gasteiger partial charge in [-0.2, -0.15) is 0 Å². The number of carbonyl (C=O) groups excluding carboxylic acids is 2. The number of aryl methyl sites for hydroxylation is 1. The second kappa shape index (κ2) is 7.39. The van der Waals surface area contributed by atoms with Crippen molar-refractivity contribution in [1.29, 1.82) is 0 Å². The van der Waals surface area contributed by atoms with Crippen LogP contribution in [0.4, 0.5) is 0 Å². The van der Waals surface area contributed by atoms with Crippen LogP contribution in [0.5, 0.6) is 0 Å². The third kappa shape index (κ3) is 3.80. The maximum atomic E-state index is 11.7. The Bertz CT molecular complexity index is 465. The molecule has 0 amide bonds. The summed E-state index contributed by atoms with van der Waals surface area (Å²) < 4.78 is 0. The van der Waals surface area contributed by atoms with E-state index < -0.39 is 4.87 Å². The minimum Gasteiger partial charge on any atom is -0.297 e. The van der Waals surface area contributed by atoms with Crippen molar-refractivity contribution in [3.8, 4) is 0 Å². The summed E-state index contributed by atoms with van der Waals surface area (Å²) in [5.74, 6) is -0.949. The van der Waals surface area contributed by atoms with E-state index in [4.69, 9.17) is 11.6 Å². The molecule has 0 fully saturated rings. The Morgan fingerprint density at radius 3 is 2.25 bits per heavy atom. The summed E-state index contributed by atoms with van der Waals surface area (Å²) in [7, 11) is 0. The van der Waals surface area contributed by atoms with Gasteiger partial charge in [-0.05, 0) is 38.7 Å². The number of halogens is 1. The average Bonchev–Trinajstić information content (AvgIpc) is 2.43. The van der Waals surface area contributed by atoms with Crippen LogP contribution in [0.1, 0.15) is 32.3 Å². The highest BCUT2D eigenvalue weighted by atomic mass is 35.5. The highest BCUT2D eigenvalue weighted by molar-refractivity contribution is 6.46. The monoisotopic (exact) mass is 292 g/mol. The number of ketones is 2. The lowest BCUT2D eigenvalue weighted by atomic mass is 9.81. The number of rotatable bonds is 8. The van der Waals surface area contributed by atoms with Gasteiger partial charge in [0.25, 0.3) is 0 Å². The minimum atomic E-state index is -1.46. The number of benzene rings is 1. The molecule has 108 valence electrons. The van der Waals surface area contributed by atoms with Gasteiger partial charge in [-0.15, -0.1) is 18.2 Å². The first kappa shape index (κ1) is 16.6. The van der Waals surface area contributed by atoms with Gasteiger partial charge in [0, 0.05) is 5.92 Å². The largest absolute Gasteiger partial charge is 0.297 e. The first-order valence-corrected chi connectivity index (χ1v) is 7.18. The Hall–Kier alpha value is -1.41. The molecule has 0 saturated carbocycles. The summed E-state index contributed by atoms with van der Waals surface area (Å²) in [6.07, 6.45) is 4.05. The lowest BCUT2D eigenvalue weighted by Gasteiger charge is -2.28. The van der Waals surface area contributed by atoms with Crippen molar-refractivity contribution in [3.63, 3.8) is 0 Å². The molecule has 20 heavy (non-hydrogen) atoms. The highest BCUT2D eigenvalue weighted by Gasteiger charge is 2.44. The zero-order valence-corrected chi connectivity index (χ0v) is 12.8. The van der Waals surface area contributed by atoms with Crippen LogP contribution in [0.2, 0.25) is 0 Å². The Kier molecular flexibility index (Phi) is 6.15. The van der Waals surface area contributed by atoms with Crippen molar-refractivity contribution in [3.05, 3.63) is 48.6 Å². The molecule has 1 aromatic carbocycles. The molecule has 1 rings (SSSR count). The summed E-state index contributed by atoms with van der Waals surface area (Å²) in [6.45, 7) is 6.46. The molecule has 0 aliphatic carbocycles. The Balaban J connectivity index is 2.69. The molecule has 0 radical (unpaired) electrons. The number of allylic oxidation sites excluding steroid dienone is 1. The van der Waals surface area contributed by atoms with Crippen molar-refractivity contribution in [2.45, 2.75) is 38.0 Å². The fraction of sp³-hybridized carbons (Fsp3) is 0.412. The van der Waals surface area contributed by atoms with Gasteiger partial charge in [0.1, 0.15) is 0 Å². The lowest BCUT2D eigenvalue weighted by molar-refractivity contribution is -0.130. The summed E-state index contributed by atoms with van der Waals surface area (Å²) >= 11 is 6.29. The van der Waals surface area contributed by atoms with Crippen LogP contribution < -0.4 is 0 Å². The van der Waals surface area contributed by atoms with Gasteiger partial charge in [0.15, 0.2) is 16.4 Å². The molecule has 0 N–H and O–H groups in total. The summed E-state index contributed by atoms with van der Waals surface area (Å²) in [4.78, 5) is 22.0. The molecule has 0 unspecified atom stereocenters. The second-order valence-electron chi connectivity index (χ2n) is 5.04. The van der Waals surface area contributed by atoms with Gasteiger partial charge in [0.2, 0.25) is 0 Å². The van der Waals surface area contributed by atoms with Gasteiger partial charge < -0.3 is 0 Å². The van der Waals surface area contributed by atoms with Crippen molar-refractivity contribution in [2.24, 2.45) is 5.92 Å². The average molecular weight is 293 g/mol. The van der Waals surface area contributed by atoms with Crippen molar-refractivity contribution in [2.75, 3.05) is 0 Å². The van der Waals surface area contributed by atoms with Crippen molar-refractivity contribution in [1.82, 2.24) is 0 Å². The molecule has 0 saturated heterocycles. The van der Waals surface area contributed by atoms with E-state index >= 15 is 0 Å². The summed E-state index contributed by atoms with van der Waals surface area (Å²) in [5, 5.41) is 0. The van der Waals surface area contributed by atoms with E-state index in [2.05, 4.69) is 18.7 Å². The van der Waals surface area contributed by atoms with E-state index in [-0.39, 0.29) is 17.5 Å². The molecule has 0 spiro atoms. The SMILES string of the molecule is C=C[C@@H](CCCc1ccccc1)C(Cl)(C(C)=O)C(C)=O. The Morgan fingerprint density at radius 1 is 1.25 bits per heavy atom. The number of carbonyl (C=O) groups is 2. The fourth-order valence-electron chi connectivity index (χ4n) is 2.42. The normalized spacial score (nSPS) is 12.8. The predicted molar refractivity (Wildman–Crippen MR) is 83.0 cm³/mol.